The molecular formula is C17H26FN. The quantitative estimate of drug-likeness (QED) is 0.808. The van der Waals surface area contributed by atoms with Gasteiger partial charge in [0.1, 0.15) is 5.82 Å². The van der Waals surface area contributed by atoms with Gasteiger partial charge < -0.3 is 5.32 Å². The highest BCUT2D eigenvalue weighted by Gasteiger charge is 2.16. The number of hydrogen-bond donors (Lipinski definition) is 1. The van der Waals surface area contributed by atoms with Crippen LogP contribution in [0.25, 0.3) is 0 Å². The van der Waals surface area contributed by atoms with E-state index in [-0.39, 0.29) is 5.82 Å². The number of hydrogen-bond acceptors (Lipinski definition) is 1. The Bertz CT molecular complexity index is 352. The second-order valence-electron chi connectivity index (χ2n) is 5.72. The molecule has 1 aromatic rings. The molecule has 106 valence electrons. The van der Waals surface area contributed by atoms with Crippen molar-refractivity contribution in [2.24, 2.45) is 0 Å². The third-order valence-electron chi connectivity index (χ3n) is 4.22. The summed E-state index contributed by atoms with van der Waals surface area (Å²) in [7, 11) is 0. The SMILES string of the molecule is CCC(NC1CCCCCCC1)c1ccc(F)cc1. The maximum Gasteiger partial charge on any atom is 0.123 e. The highest BCUT2D eigenvalue weighted by atomic mass is 19.1. The maximum atomic E-state index is 13.0. The van der Waals surface area contributed by atoms with E-state index in [1.54, 1.807) is 12.1 Å². The minimum absolute atomic E-state index is 0.149. The highest BCUT2D eigenvalue weighted by Crippen LogP contribution is 2.22. The largest absolute Gasteiger partial charge is 0.307 e. The zero-order chi connectivity index (χ0) is 13.5. The van der Waals surface area contributed by atoms with Gasteiger partial charge in [-0.3, -0.25) is 0 Å². The van der Waals surface area contributed by atoms with Crippen molar-refractivity contribution in [3.63, 3.8) is 0 Å². The minimum Gasteiger partial charge on any atom is -0.307 e. The van der Waals surface area contributed by atoms with E-state index in [0.717, 1.165) is 6.42 Å². The summed E-state index contributed by atoms with van der Waals surface area (Å²) >= 11 is 0. The smallest absolute Gasteiger partial charge is 0.123 e. The number of nitrogens with one attached hydrogen (secondary N) is 1. The topological polar surface area (TPSA) is 12.0 Å². The Kier molecular flexibility index (Phi) is 5.84. The van der Waals surface area contributed by atoms with Crippen LogP contribution in [0.2, 0.25) is 0 Å². The molecule has 1 aliphatic rings. The normalized spacial score (nSPS) is 19.7. The molecule has 1 aromatic carbocycles. The molecule has 0 heterocycles. The van der Waals surface area contributed by atoms with E-state index in [1.165, 1.54) is 50.5 Å². The van der Waals surface area contributed by atoms with Crippen molar-refractivity contribution in [2.75, 3.05) is 0 Å². The second kappa shape index (κ2) is 7.64. The molecule has 0 aromatic heterocycles. The predicted octanol–water partition coefficient (Wildman–Crippen LogP) is 4.98. The third kappa shape index (κ3) is 4.61. The van der Waals surface area contributed by atoms with Crippen molar-refractivity contribution >= 4 is 0 Å². The van der Waals surface area contributed by atoms with Crippen LogP contribution in [-0.4, -0.2) is 6.04 Å². The van der Waals surface area contributed by atoms with E-state index in [2.05, 4.69) is 12.2 Å². The first-order valence-electron chi connectivity index (χ1n) is 7.81. The fourth-order valence-corrected chi connectivity index (χ4v) is 3.05. The molecule has 0 bridgehead atoms. The monoisotopic (exact) mass is 263 g/mol. The maximum absolute atomic E-state index is 13.0. The first-order valence-corrected chi connectivity index (χ1v) is 7.81. The van der Waals surface area contributed by atoms with Gasteiger partial charge in [0.15, 0.2) is 0 Å². The van der Waals surface area contributed by atoms with E-state index < -0.39 is 0 Å². The van der Waals surface area contributed by atoms with Gasteiger partial charge >= 0.3 is 0 Å². The van der Waals surface area contributed by atoms with Crippen LogP contribution < -0.4 is 5.32 Å². The van der Waals surface area contributed by atoms with E-state index >= 15 is 0 Å². The Morgan fingerprint density at radius 1 is 1.05 bits per heavy atom. The van der Waals surface area contributed by atoms with Crippen molar-refractivity contribution in [1.29, 1.82) is 0 Å². The van der Waals surface area contributed by atoms with Crippen molar-refractivity contribution in [3.8, 4) is 0 Å². The van der Waals surface area contributed by atoms with Crippen molar-refractivity contribution in [2.45, 2.75) is 70.4 Å². The standard InChI is InChI=1S/C17H26FN/c1-2-17(14-10-12-15(18)13-11-14)19-16-8-6-4-3-5-7-9-16/h10-13,16-17,19H,2-9H2,1H3. The van der Waals surface area contributed by atoms with Gasteiger partial charge in [-0.2, -0.15) is 0 Å². The average Bonchev–Trinajstić information content (AvgIpc) is 2.39. The molecule has 1 nitrogen and oxygen atoms in total. The van der Waals surface area contributed by atoms with E-state index in [0.29, 0.717) is 12.1 Å². The second-order valence-corrected chi connectivity index (χ2v) is 5.72. The van der Waals surface area contributed by atoms with Crippen LogP contribution in [-0.2, 0) is 0 Å². The van der Waals surface area contributed by atoms with Gasteiger partial charge in [-0.05, 0) is 37.0 Å². The van der Waals surface area contributed by atoms with Crippen molar-refractivity contribution < 1.29 is 4.39 Å². The van der Waals surface area contributed by atoms with Crippen LogP contribution in [0.4, 0.5) is 4.39 Å². The lowest BCUT2D eigenvalue weighted by molar-refractivity contribution is 0.349. The van der Waals surface area contributed by atoms with Gasteiger partial charge in [0.25, 0.3) is 0 Å². The van der Waals surface area contributed by atoms with Crippen LogP contribution in [0.1, 0.15) is 69.9 Å². The molecule has 1 fully saturated rings. The Morgan fingerprint density at radius 3 is 2.21 bits per heavy atom. The van der Waals surface area contributed by atoms with E-state index in [9.17, 15) is 4.39 Å². The molecule has 2 heteroatoms. The molecule has 0 amide bonds. The summed E-state index contributed by atoms with van der Waals surface area (Å²) in [6, 6.07) is 7.97. The summed E-state index contributed by atoms with van der Waals surface area (Å²) < 4.78 is 13.0. The molecule has 1 unspecified atom stereocenters. The molecule has 0 saturated heterocycles. The summed E-state index contributed by atoms with van der Waals surface area (Å²) in [6.45, 7) is 2.20. The zero-order valence-corrected chi connectivity index (χ0v) is 12.0. The molecule has 1 N–H and O–H groups in total. The van der Waals surface area contributed by atoms with Crippen LogP contribution in [0.15, 0.2) is 24.3 Å². The van der Waals surface area contributed by atoms with Gasteiger partial charge in [-0.15, -0.1) is 0 Å². The van der Waals surface area contributed by atoms with Gasteiger partial charge in [-0.25, -0.2) is 4.39 Å². The van der Waals surface area contributed by atoms with Crippen LogP contribution >= 0.6 is 0 Å². The van der Waals surface area contributed by atoms with Gasteiger partial charge in [0.05, 0.1) is 0 Å². The fraction of sp³-hybridized carbons (Fsp3) is 0.647. The Morgan fingerprint density at radius 2 is 1.63 bits per heavy atom. The molecule has 1 aliphatic carbocycles. The summed E-state index contributed by atoms with van der Waals surface area (Å²) in [5.41, 5.74) is 1.21. The van der Waals surface area contributed by atoms with Crippen molar-refractivity contribution in [3.05, 3.63) is 35.6 Å². The molecule has 1 saturated carbocycles. The summed E-state index contributed by atoms with van der Waals surface area (Å²) in [5, 5.41) is 3.79. The van der Waals surface area contributed by atoms with Gasteiger partial charge in [-0.1, -0.05) is 51.2 Å². The predicted molar refractivity (Wildman–Crippen MR) is 78.7 cm³/mol. The molecular weight excluding hydrogens is 237 g/mol. The Labute approximate surface area is 116 Å². The summed E-state index contributed by atoms with van der Waals surface area (Å²) in [5.74, 6) is -0.149. The van der Waals surface area contributed by atoms with Crippen molar-refractivity contribution in [1.82, 2.24) is 5.32 Å². The number of benzene rings is 1. The summed E-state index contributed by atoms with van der Waals surface area (Å²) in [6.07, 6.45) is 10.5. The fourth-order valence-electron chi connectivity index (χ4n) is 3.05. The molecule has 19 heavy (non-hydrogen) atoms. The average molecular weight is 263 g/mol. The van der Waals surface area contributed by atoms with E-state index in [1.807, 2.05) is 12.1 Å². The molecule has 0 spiro atoms. The molecule has 0 aliphatic heterocycles. The number of halogens is 1. The van der Waals surface area contributed by atoms with Crippen LogP contribution in [0, 0.1) is 5.82 Å². The third-order valence-corrected chi connectivity index (χ3v) is 4.22. The highest BCUT2D eigenvalue weighted by molar-refractivity contribution is 5.20. The lowest BCUT2D eigenvalue weighted by atomic mass is 9.94. The number of rotatable bonds is 4. The Balaban J connectivity index is 1.95. The van der Waals surface area contributed by atoms with E-state index in [4.69, 9.17) is 0 Å². The minimum atomic E-state index is -0.149. The molecule has 1 atom stereocenters. The molecule has 0 radical (unpaired) electrons. The van der Waals surface area contributed by atoms with Crippen LogP contribution in [0.5, 0.6) is 0 Å². The zero-order valence-electron chi connectivity index (χ0n) is 12.0. The first-order chi connectivity index (χ1) is 9.29. The van der Waals surface area contributed by atoms with Gasteiger partial charge in [0, 0.05) is 12.1 Å². The lowest BCUT2D eigenvalue weighted by Crippen LogP contribution is -2.33. The van der Waals surface area contributed by atoms with Crippen LogP contribution in [0.3, 0.4) is 0 Å². The summed E-state index contributed by atoms with van der Waals surface area (Å²) in [4.78, 5) is 0. The lowest BCUT2D eigenvalue weighted by Gasteiger charge is -2.27. The first kappa shape index (κ1) is 14.5. The molecule has 2 rings (SSSR count). The van der Waals surface area contributed by atoms with Gasteiger partial charge in [0.2, 0.25) is 0 Å². The Hall–Kier alpha value is -0.890.